The first-order valence-corrected chi connectivity index (χ1v) is 7.88. The van der Waals surface area contributed by atoms with Gasteiger partial charge in [-0.05, 0) is 51.6 Å². The predicted molar refractivity (Wildman–Crippen MR) is 81.0 cm³/mol. The fourth-order valence-electron chi connectivity index (χ4n) is 3.46. The zero-order valence-corrected chi connectivity index (χ0v) is 13.3. The number of hydrogen-bond acceptors (Lipinski definition) is 2. The molecule has 1 atom stereocenters. The van der Waals surface area contributed by atoms with E-state index in [0.29, 0.717) is 5.41 Å². The monoisotopic (exact) mass is 254 g/mol. The molecular weight excluding hydrogens is 220 g/mol. The van der Waals surface area contributed by atoms with Crippen LogP contribution in [0.1, 0.15) is 59.3 Å². The molecule has 0 bridgehead atoms. The Morgan fingerprint density at radius 3 is 2.44 bits per heavy atom. The van der Waals surface area contributed by atoms with Gasteiger partial charge in [0.2, 0.25) is 0 Å². The Hall–Kier alpha value is -0.0800. The fourth-order valence-corrected chi connectivity index (χ4v) is 3.46. The van der Waals surface area contributed by atoms with E-state index in [0.717, 1.165) is 12.0 Å². The van der Waals surface area contributed by atoms with Crippen LogP contribution in [0.3, 0.4) is 0 Å². The smallest absolute Gasteiger partial charge is 0.00640 e. The summed E-state index contributed by atoms with van der Waals surface area (Å²) in [6.07, 6.45) is 8.25. The fraction of sp³-hybridized carbons (Fsp3) is 1.00. The largest absolute Gasteiger partial charge is 0.319 e. The summed E-state index contributed by atoms with van der Waals surface area (Å²) in [4.78, 5) is 2.59. The molecule has 0 aromatic carbocycles. The van der Waals surface area contributed by atoms with Crippen molar-refractivity contribution in [2.75, 3.05) is 27.2 Å². The zero-order valence-electron chi connectivity index (χ0n) is 13.3. The van der Waals surface area contributed by atoms with Gasteiger partial charge in [-0.1, -0.05) is 33.1 Å². The van der Waals surface area contributed by atoms with Crippen LogP contribution in [0.5, 0.6) is 0 Å². The Bertz CT molecular complexity index is 219. The molecule has 2 nitrogen and oxygen atoms in total. The Balaban J connectivity index is 2.56. The van der Waals surface area contributed by atoms with Crippen molar-refractivity contribution in [2.24, 2.45) is 11.3 Å². The summed E-state index contributed by atoms with van der Waals surface area (Å²) in [7, 11) is 4.42. The van der Waals surface area contributed by atoms with Crippen LogP contribution in [0.2, 0.25) is 0 Å². The number of nitrogens with one attached hydrogen (secondary N) is 1. The van der Waals surface area contributed by atoms with Crippen LogP contribution in [-0.2, 0) is 0 Å². The standard InChI is InChI=1S/C16H34N2/c1-6-7-15(3)18(5)13-16(12-17-4)10-8-14(2)9-11-16/h14-15,17H,6-13H2,1-5H3. The van der Waals surface area contributed by atoms with Crippen LogP contribution >= 0.6 is 0 Å². The van der Waals surface area contributed by atoms with Crippen LogP contribution in [0.4, 0.5) is 0 Å². The topological polar surface area (TPSA) is 15.3 Å². The lowest BCUT2D eigenvalue weighted by Crippen LogP contribution is -2.46. The second kappa shape index (κ2) is 7.49. The maximum absolute atomic E-state index is 3.44. The third kappa shape index (κ3) is 4.55. The van der Waals surface area contributed by atoms with Gasteiger partial charge in [-0.3, -0.25) is 0 Å². The van der Waals surface area contributed by atoms with E-state index in [9.17, 15) is 0 Å². The van der Waals surface area contributed by atoms with Crippen molar-refractivity contribution in [1.29, 1.82) is 0 Å². The minimum atomic E-state index is 0.526. The summed E-state index contributed by atoms with van der Waals surface area (Å²) in [5.41, 5.74) is 0.526. The number of rotatable bonds is 7. The van der Waals surface area contributed by atoms with E-state index in [4.69, 9.17) is 0 Å². The molecule has 2 heteroatoms. The molecule has 0 amide bonds. The summed E-state index contributed by atoms with van der Waals surface area (Å²) in [5, 5.41) is 3.44. The molecule has 1 unspecified atom stereocenters. The minimum absolute atomic E-state index is 0.526. The Kier molecular flexibility index (Phi) is 6.65. The summed E-state index contributed by atoms with van der Waals surface area (Å²) >= 11 is 0. The van der Waals surface area contributed by atoms with E-state index < -0.39 is 0 Å². The molecule has 0 spiro atoms. The maximum atomic E-state index is 3.44. The van der Waals surface area contributed by atoms with Crippen LogP contribution in [0.15, 0.2) is 0 Å². The highest BCUT2D eigenvalue weighted by atomic mass is 15.1. The van der Waals surface area contributed by atoms with E-state index in [1.807, 2.05) is 0 Å². The summed E-state index contributed by atoms with van der Waals surface area (Å²) in [6, 6.07) is 0.725. The molecule has 108 valence electrons. The first-order chi connectivity index (χ1) is 8.53. The van der Waals surface area contributed by atoms with Crippen molar-refractivity contribution in [2.45, 2.75) is 65.3 Å². The highest BCUT2D eigenvalue weighted by Crippen LogP contribution is 2.39. The average molecular weight is 254 g/mol. The van der Waals surface area contributed by atoms with Crippen molar-refractivity contribution >= 4 is 0 Å². The quantitative estimate of drug-likeness (QED) is 0.748. The highest BCUT2D eigenvalue weighted by molar-refractivity contribution is 4.89. The highest BCUT2D eigenvalue weighted by Gasteiger charge is 2.35. The molecular formula is C16H34N2. The van der Waals surface area contributed by atoms with E-state index in [2.05, 4.69) is 45.1 Å². The molecule has 1 aliphatic rings. The molecule has 1 rings (SSSR count). The van der Waals surface area contributed by atoms with Crippen molar-refractivity contribution in [3.63, 3.8) is 0 Å². The van der Waals surface area contributed by atoms with Crippen molar-refractivity contribution in [1.82, 2.24) is 10.2 Å². The summed E-state index contributed by atoms with van der Waals surface area (Å²) in [6.45, 7) is 9.52. The molecule has 1 saturated carbocycles. The van der Waals surface area contributed by atoms with Gasteiger partial charge in [0.05, 0.1) is 0 Å². The molecule has 0 heterocycles. The lowest BCUT2D eigenvalue weighted by atomic mass is 9.70. The van der Waals surface area contributed by atoms with Crippen LogP contribution in [-0.4, -0.2) is 38.1 Å². The molecule has 0 radical (unpaired) electrons. The average Bonchev–Trinajstić information content (AvgIpc) is 2.34. The van der Waals surface area contributed by atoms with Gasteiger partial charge < -0.3 is 10.2 Å². The molecule has 1 fully saturated rings. The van der Waals surface area contributed by atoms with Crippen molar-refractivity contribution < 1.29 is 0 Å². The molecule has 0 saturated heterocycles. The van der Waals surface area contributed by atoms with Crippen molar-refractivity contribution in [3.05, 3.63) is 0 Å². The second-order valence-electron chi connectivity index (χ2n) is 6.77. The van der Waals surface area contributed by atoms with E-state index >= 15 is 0 Å². The van der Waals surface area contributed by atoms with Gasteiger partial charge in [-0.15, -0.1) is 0 Å². The van der Waals surface area contributed by atoms with Gasteiger partial charge in [-0.25, -0.2) is 0 Å². The van der Waals surface area contributed by atoms with Gasteiger partial charge in [-0.2, -0.15) is 0 Å². The third-order valence-electron chi connectivity index (χ3n) is 4.93. The Morgan fingerprint density at radius 1 is 1.33 bits per heavy atom. The normalized spacial score (nSPS) is 30.7. The van der Waals surface area contributed by atoms with E-state index in [1.54, 1.807) is 0 Å². The predicted octanol–water partition coefficient (Wildman–Crippen LogP) is 3.52. The molecule has 0 aromatic rings. The Morgan fingerprint density at radius 2 is 1.94 bits per heavy atom. The first kappa shape index (κ1) is 16.0. The second-order valence-corrected chi connectivity index (χ2v) is 6.77. The van der Waals surface area contributed by atoms with Crippen LogP contribution < -0.4 is 5.32 Å². The summed E-state index contributed by atoms with van der Waals surface area (Å²) < 4.78 is 0. The maximum Gasteiger partial charge on any atom is 0.00640 e. The number of hydrogen-bond donors (Lipinski definition) is 1. The van der Waals surface area contributed by atoms with Gasteiger partial charge in [0.25, 0.3) is 0 Å². The van der Waals surface area contributed by atoms with Crippen molar-refractivity contribution in [3.8, 4) is 0 Å². The van der Waals surface area contributed by atoms with Gasteiger partial charge in [0, 0.05) is 19.1 Å². The molecule has 18 heavy (non-hydrogen) atoms. The zero-order chi connectivity index (χ0) is 13.6. The minimum Gasteiger partial charge on any atom is -0.319 e. The van der Waals surface area contributed by atoms with E-state index in [1.165, 1.54) is 51.6 Å². The van der Waals surface area contributed by atoms with Crippen LogP contribution in [0.25, 0.3) is 0 Å². The summed E-state index contributed by atoms with van der Waals surface area (Å²) in [5.74, 6) is 0.938. The molecule has 0 aromatic heterocycles. The molecule has 1 aliphatic carbocycles. The van der Waals surface area contributed by atoms with E-state index in [-0.39, 0.29) is 0 Å². The third-order valence-corrected chi connectivity index (χ3v) is 4.93. The number of nitrogens with zero attached hydrogens (tertiary/aromatic N) is 1. The molecule has 0 aliphatic heterocycles. The lowest BCUT2D eigenvalue weighted by molar-refractivity contribution is 0.0816. The van der Waals surface area contributed by atoms with Crippen LogP contribution in [0, 0.1) is 11.3 Å². The SMILES string of the molecule is CCCC(C)N(C)CC1(CNC)CCC(C)CC1. The van der Waals surface area contributed by atoms with Gasteiger partial charge >= 0.3 is 0 Å². The Labute approximate surface area is 115 Å². The first-order valence-electron chi connectivity index (χ1n) is 7.88. The van der Waals surface area contributed by atoms with Gasteiger partial charge in [0.15, 0.2) is 0 Å². The molecule has 1 N–H and O–H groups in total. The lowest BCUT2D eigenvalue weighted by Gasteiger charge is -2.43. The van der Waals surface area contributed by atoms with Gasteiger partial charge in [0.1, 0.15) is 0 Å².